The van der Waals surface area contributed by atoms with Crippen molar-refractivity contribution in [2.24, 2.45) is 0 Å². The minimum Gasteiger partial charge on any atom is -0.378 e. The lowest BCUT2D eigenvalue weighted by Crippen LogP contribution is -2.41. The number of hydrogen-bond donors (Lipinski definition) is 1. The first kappa shape index (κ1) is 15.9. The normalized spacial score (nSPS) is 19.4. The molecule has 6 heteroatoms. The van der Waals surface area contributed by atoms with E-state index in [9.17, 15) is 9.59 Å². The van der Waals surface area contributed by atoms with Crippen LogP contribution < -0.4 is 5.32 Å². The van der Waals surface area contributed by atoms with E-state index in [2.05, 4.69) is 10.3 Å². The highest BCUT2D eigenvalue weighted by Gasteiger charge is 2.21. The van der Waals surface area contributed by atoms with E-state index in [0.717, 1.165) is 12.8 Å². The number of nitrogens with zero attached hydrogens (tertiary/aromatic N) is 2. The number of rotatable bonds is 3. The molecular formula is C17H23N3O3. The van der Waals surface area contributed by atoms with Crippen LogP contribution >= 0.6 is 0 Å². The molecule has 124 valence electrons. The molecule has 23 heavy (non-hydrogen) atoms. The maximum Gasteiger partial charge on any atom is 0.272 e. The Hall–Kier alpha value is -1.95. The van der Waals surface area contributed by atoms with Gasteiger partial charge in [0.15, 0.2) is 0 Å². The monoisotopic (exact) mass is 317 g/mol. The Morgan fingerprint density at radius 1 is 1.17 bits per heavy atom. The smallest absolute Gasteiger partial charge is 0.272 e. The van der Waals surface area contributed by atoms with E-state index in [1.807, 2.05) is 0 Å². The zero-order chi connectivity index (χ0) is 16.1. The summed E-state index contributed by atoms with van der Waals surface area (Å²) < 4.78 is 5.25. The van der Waals surface area contributed by atoms with Crippen LogP contribution in [0.1, 0.15) is 53.0 Å². The Morgan fingerprint density at radius 2 is 1.91 bits per heavy atom. The van der Waals surface area contributed by atoms with Crippen molar-refractivity contribution in [2.45, 2.75) is 38.1 Å². The van der Waals surface area contributed by atoms with Gasteiger partial charge in [-0.3, -0.25) is 14.6 Å². The SMILES string of the molecule is O=C(NC1CCCCC1)c1ccnc(C(=O)N2CCOCC2)c1. The highest BCUT2D eigenvalue weighted by Crippen LogP contribution is 2.18. The molecule has 2 fully saturated rings. The van der Waals surface area contributed by atoms with Crippen LogP contribution in [0.4, 0.5) is 0 Å². The molecule has 6 nitrogen and oxygen atoms in total. The third-order valence-corrected chi connectivity index (χ3v) is 4.48. The summed E-state index contributed by atoms with van der Waals surface area (Å²) in [5.41, 5.74) is 0.824. The van der Waals surface area contributed by atoms with Crippen LogP contribution in [0.25, 0.3) is 0 Å². The van der Waals surface area contributed by atoms with Gasteiger partial charge in [0.2, 0.25) is 0 Å². The Labute approximate surface area is 136 Å². The fourth-order valence-electron chi connectivity index (χ4n) is 3.13. The zero-order valence-corrected chi connectivity index (χ0v) is 13.3. The largest absolute Gasteiger partial charge is 0.378 e. The fourth-order valence-corrected chi connectivity index (χ4v) is 3.13. The first-order valence-corrected chi connectivity index (χ1v) is 8.38. The number of aromatic nitrogens is 1. The highest BCUT2D eigenvalue weighted by molar-refractivity contribution is 5.98. The van der Waals surface area contributed by atoms with Gasteiger partial charge in [0.05, 0.1) is 13.2 Å². The molecule has 0 atom stereocenters. The van der Waals surface area contributed by atoms with Gasteiger partial charge in [0, 0.05) is 30.9 Å². The van der Waals surface area contributed by atoms with E-state index in [0.29, 0.717) is 37.6 Å². The van der Waals surface area contributed by atoms with Crippen LogP contribution in [0.5, 0.6) is 0 Å². The van der Waals surface area contributed by atoms with Crippen LogP contribution in [-0.2, 0) is 4.74 Å². The van der Waals surface area contributed by atoms with Crippen molar-refractivity contribution in [3.05, 3.63) is 29.6 Å². The molecule has 1 aromatic heterocycles. The quantitative estimate of drug-likeness (QED) is 0.919. The lowest BCUT2D eigenvalue weighted by atomic mass is 9.95. The van der Waals surface area contributed by atoms with Gasteiger partial charge in [-0.05, 0) is 25.0 Å². The van der Waals surface area contributed by atoms with Crippen molar-refractivity contribution in [1.82, 2.24) is 15.2 Å². The minimum atomic E-state index is -0.138. The molecule has 1 saturated carbocycles. The number of morpholine rings is 1. The van der Waals surface area contributed by atoms with Crippen molar-refractivity contribution in [1.29, 1.82) is 0 Å². The average Bonchev–Trinajstić information content (AvgIpc) is 2.63. The molecular weight excluding hydrogens is 294 g/mol. The Morgan fingerprint density at radius 3 is 2.65 bits per heavy atom. The molecule has 1 aliphatic carbocycles. The Balaban J connectivity index is 1.66. The fraction of sp³-hybridized carbons (Fsp3) is 0.588. The van der Waals surface area contributed by atoms with E-state index < -0.39 is 0 Å². The van der Waals surface area contributed by atoms with Crippen LogP contribution in [0, 0.1) is 0 Å². The third-order valence-electron chi connectivity index (χ3n) is 4.48. The van der Waals surface area contributed by atoms with E-state index >= 15 is 0 Å². The predicted molar refractivity (Wildman–Crippen MR) is 85.3 cm³/mol. The molecule has 1 aliphatic heterocycles. The number of carbonyl (C=O) groups excluding carboxylic acids is 2. The summed E-state index contributed by atoms with van der Waals surface area (Å²) in [6, 6.07) is 3.51. The second-order valence-corrected chi connectivity index (χ2v) is 6.14. The van der Waals surface area contributed by atoms with E-state index in [1.165, 1.54) is 25.5 Å². The molecule has 2 aliphatic rings. The lowest BCUT2D eigenvalue weighted by Gasteiger charge is -2.26. The van der Waals surface area contributed by atoms with Crippen molar-refractivity contribution in [3.63, 3.8) is 0 Å². The number of amides is 2. The molecule has 3 rings (SSSR count). The van der Waals surface area contributed by atoms with Gasteiger partial charge in [-0.15, -0.1) is 0 Å². The summed E-state index contributed by atoms with van der Waals surface area (Å²) in [4.78, 5) is 30.7. The molecule has 0 radical (unpaired) electrons. The molecule has 2 heterocycles. The van der Waals surface area contributed by atoms with E-state index in [-0.39, 0.29) is 17.9 Å². The van der Waals surface area contributed by atoms with E-state index in [1.54, 1.807) is 17.0 Å². The van der Waals surface area contributed by atoms with Crippen LogP contribution in [0.3, 0.4) is 0 Å². The zero-order valence-electron chi connectivity index (χ0n) is 13.3. The lowest BCUT2D eigenvalue weighted by molar-refractivity contribution is 0.0299. The van der Waals surface area contributed by atoms with Gasteiger partial charge < -0.3 is 15.0 Å². The number of hydrogen-bond acceptors (Lipinski definition) is 4. The molecule has 2 amide bonds. The summed E-state index contributed by atoms with van der Waals surface area (Å²) in [6.45, 7) is 2.24. The summed E-state index contributed by atoms with van der Waals surface area (Å²) >= 11 is 0. The third kappa shape index (κ3) is 4.07. The van der Waals surface area contributed by atoms with Crippen molar-refractivity contribution in [3.8, 4) is 0 Å². The van der Waals surface area contributed by atoms with Crippen molar-refractivity contribution < 1.29 is 14.3 Å². The molecule has 1 aromatic rings. The molecule has 1 saturated heterocycles. The van der Waals surface area contributed by atoms with Crippen molar-refractivity contribution in [2.75, 3.05) is 26.3 Å². The first-order chi connectivity index (χ1) is 11.2. The standard InChI is InChI=1S/C17H23N3O3/c21-16(19-14-4-2-1-3-5-14)13-6-7-18-15(12-13)17(22)20-8-10-23-11-9-20/h6-7,12,14H,1-5,8-11H2,(H,19,21). The minimum absolute atomic E-state index is 0.115. The van der Waals surface area contributed by atoms with Crippen LogP contribution in [-0.4, -0.2) is 54.0 Å². The molecule has 1 N–H and O–H groups in total. The van der Waals surface area contributed by atoms with Crippen molar-refractivity contribution >= 4 is 11.8 Å². The van der Waals surface area contributed by atoms with Crippen LogP contribution in [0.2, 0.25) is 0 Å². The van der Waals surface area contributed by atoms with Gasteiger partial charge >= 0.3 is 0 Å². The molecule has 0 spiro atoms. The second kappa shape index (κ2) is 7.55. The van der Waals surface area contributed by atoms with Gasteiger partial charge in [-0.1, -0.05) is 19.3 Å². The van der Waals surface area contributed by atoms with Gasteiger partial charge in [0.1, 0.15) is 5.69 Å². The van der Waals surface area contributed by atoms with Gasteiger partial charge in [-0.25, -0.2) is 0 Å². The number of nitrogens with one attached hydrogen (secondary N) is 1. The molecule has 0 unspecified atom stereocenters. The summed E-state index contributed by atoms with van der Waals surface area (Å²) in [5, 5.41) is 3.07. The highest BCUT2D eigenvalue weighted by atomic mass is 16.5. The predicted octanol–water partition coefficient (Wildman–Crippen LogP) is 1.62. The van der Waals surface area contributed by atoms with Gasteiger partial charge in [-0.2, -0.15) is 0 Å². The molecule has 0 bridgehead atoms. The maximum absolute atomic E-state index is 12.4. The second-order valence-electron chi connectivity index (χ2n) is 6.14. The topological polar surface area (TPSA) is 71.5 Å². The summed E-state index contributed by atoms with van der Waals surface area (Å²) in [7, 11) is 0. The summed E-state index contributed by atoms with van der Waals surface area (Å²) in [6.07, 6.45) is 7.19. The number of pyridine rings is 1. The van der Waals surface area contributed by atoms with E-state index in [4.69, 9.17) is 4.74 Å². The molecule has 0 aromatic carbocycles. The van der Waals surface area contributed by atoms with Gasteiger partial charge in [0.25, 0.3) is 11.8 Å². The first-order valence-electron chi connectivity index (χ1n) is 8.38. The number of carbonyl (C=O) groups is 2. The summed E-state index contributed by atoms with van der Waals surface area (Å²) in [5.74, 6) is -0.254. The maximum atomic E-state index is 12.4. The Bertz CT molecular complexity index is 564. The number of ether oxygens (including phenoxy) is 1. The average molecular weight is 317 g/mol. The Kier molecular flexibility index (Phi) is 5.23. The van der Waals surface area contributed by atoms with Crippen LogP contribution in [0.15, 0.2) is 18.3 Å².